The van der Waals surface area contributed by atoms with E-state index in [9.17, 15) is 9.90 Å². The molecule has 8 heteroatoms. The van der Waals surface area contributed by atoms with Crippen molar-refractivity contribution in [2.45, 2.75) is 0 Å². The smallest absolute Gasteiger partial charge is 0.340 e. The summed E-state index contributed by atoms with van der Waals surface area (Å²) in [6, 6.07) is 13.0. The molecule has 3 aromatic rings. The van der Waals surface area contributed by atoms with E-state index in [1.165, 1.54) is 31.8 Å². The largest absolute Gasteiger partial charge is 0.493 e. The van der Waals surface area contributed by atoms with Crippen LogP contribution in [0.3, 0.4) is 0 Å². The van der Waals surface area contributed by atoms with Crippen LogP contribution < -0.4 is 14.9 Å². The fraction of sp³-hybridized carbons (Fsp3) is 0.105. The number of carboxylic acids is 1. The Morgan fingerprint density at radius 3 is 2.63 bits per heavy atom. The maximum absolute atomic E-state index is 11.6. The Morgan fingerprint density at radius 1 is 1.19 bits per heavy atom. The maximum atomic E-state index is 11.6. The van der Waals surface area contributed by atoms with Gasteiger partial charge in [0.1, 0.15) is 5.56 Å². The van der Waals surface area contributed by atoms with Crippen molar-refractivity contribution < 1.29 is 19.4 Å². The molecule has 0 amide bonds. The number of hydrazone groups is 1. The van der Waals surface area contributed by atoms with Crippen molar-refractivity contribution in [2.75, 3.05) is 19.6 Å². The first-order chi connectivity index (χ1) is 13.1. The lowest BCUT2D eigenvalue weighted by Gasteiger charge is -2.12. The first kappa shape index (κ1) is 18.4. The number of methoxy groups -OCH3 is 2. The fourth-order valence-corrected chi connectivity index (χ4v) is 3.16. The van der Waals surface area contributed by atoms with Crippen molar-refractivity contribution in [3.63, 3.8) is 0 Å². The van der Waals surface area contributed by atoms with Crippen LogP contribution in [-0.4, -0.2) is 36.5 Å². The standard InChI is InChI=1S/C19H17N3O4S/c1-25-15-9-8-13(16(18(23)24)17(15)26-2)10-20-22-19-21-14(11-27-19)12-6-4-3-5-7-12/h3-11H,1-2H3,(H,21,22)(H,23,24)/b20-10-. The van der Waals surface area contributed by atoms with Crippen LogP contribution in [0.2, 0.25) is 0 Å². The minimum atomic E-state index is -1.13. The van der Waals surface area contributed by atoms with E-state index >= 15 is 0 Å². The van der Waals surface area contributed by atoms with Crippen LogP contribution in [0.25, 0.3) is 11.3 Å². The molecule has 0 aliphatic heterocycles. The summed E-state index contributed by atoms with van der Waals surface area (Å²) in [6.45, 7) is 0. The van der Waals surface area contributed by atoms with E-state index in [-0.39, 0.29) is 11.3 Å². The SMILES string of the molecule is COc1ccc(/C=N\Nc2nc(-c3ccccc3)cs2)c(C(=O)O)c1OC. The monoisotopic (exact) mass is 383 g/mol. The number of hydrogen-bond donors (Lipinski definition) is 2. The highest BCUT2D eigenvalue weighted by molar-refractivity contribution is 7.14. The third-order valence-corrected chi connectivity index (χ3v) is 4.48. The molecule has 0 atom stereocenters. The van der Waals surface area contributed by atoms with Gasteiger partial charge in [0.2, 0.25) is 5.13 Å². The van der Waals surface area contributed by atoms with Crippen molar-refractivity contribution in [1.82, 2.24) is 4.98 Å². The molecule has 1 heterocycles. The van der Waals surface area contributed by atoms with E-state index in [4.69, 9.17) is 9.47 Å². The quantitative estimate of drug-likeness (QED) is 0.474. The zero-order valence-electron chi connectivity index (χ0n) is 14.7. The number of nitrogens with one attached hydrogen (secondary N) is 1. The van der Waals surface area contributed by atoms with E-state index in [1.54, 1.807) is 12.1 Å². The molecule has 0 bridgehead atoms. The predicted octanol–water partition coefficient (Wildman–Crippen LogP) is 3.97. The molecule has 1 aromatic heterocycles. The summed E-state index contributed by atoms with van der Waals surface area (Å²) in [5.41, 5.74) is 5.04. The second-order valence-electron chi connectivity index (χ2n) is 5.34. The Labute approximate surface area is 159 Å². The van der Waals surface area contributed by atoms with Crippen LogP contribution in [0.4, 0.5) is 5.13 Å². The van der Waals surface area contributed by atoms with Gasteiger partial charge in [-0.3, -0.25) is 5.43 Å². The summed E-state index contributed by atoms with van der Waals surface area (Å²) < 4.78 is 10.3. The highest BCUT2D eigenvalue weighted by atomic mass is 32.1. The molecule has 0 unspecified atom stereocenters. The van der Waals surface area contributed by atoms with Gasteiger partial charge in [0.15, 0.2) is 11.5 Å². The van der Waals surface area contributed by atoms with Gasteiger partial charge in [-0.1, -0.05) is 30.3 Å². The number of aromatic nitrogens is 1. The first-order valence-electron chi connectivity index (χ1n) is 7.92. The summed E-state index contributed by atoms with van der Waals surface area (Å²) in [5.74, 6) is -0.644. The molecule has 2 N–H and O–H groups in total. The molecule has 138 valence electrons. The van der Waals surface area contributed by atoms with Gasteiger partial charge >= 0.3 is 5.97 Å². The molecule has 0 radical (unpaired) electrons. The topological polar surface area (TPSA) is 93.0 Å². The molecular weight excluding hydrogens is 366 g/mol. The van der Waals surface area contributed by atoms with Gasteiger partial charge in [-0.2, -0.15) is 5.10 Å². The van der Waals surface area contributed by atoms with E-state index < -0.39 is 5.97 Å². The summed E-state index contributed by atoms with van der Waals surface area (Å²) in [6.07, 6.45) is 1.41. The van der Waals surface area contributed by atoms with Gasteiger partial charge < -0.3 is 14.6 Å². The van der Waals surface area contributed by atoms with E-state index in [0.717, 1.165) is 11.3 Å². The molecule has 0 aliphatic carbocycles. The summed E-state index contributed by atoms with van der Waals surface area (Å²) >= 11 is 1.41. The van der Waals surface area contributed by atoms with Crippen LogP contribution in [-0.2, 0) is 0 Å². The van der Waals surface area contributed by atoms with Crippen LogP contribution in [0.1, 0.15) is 15.9 Å². The number of carboxylic acid groups (broad SMARTS) is 1. The molecule has 0 aliphatic rings. The van der Waals surface area contributed by atoms with E-state index in [1.807, 2.05) is 35.7 Å². The molecule has 2 aromatic carbocycles. The lowest BCUT2D eigenvalue weighted by atomic mass is 10.1. The molecule has 0 spiro atoms. The van der Waals surface area contributed by atoms with Crippen LogP contribution in [0, 0.1) is 0 Å². The number of hydrogen-bond acceptors (Lipinski definition) is 7. The van der Waals surface area contributed by atoms with Crippen molar-refractivity contribution in [2.24, 2.45) is 5.10 Å². The highest BCUT2D eigenvalue weighted by Crippen LogP contribution is 2.33. The summed E-state index contributed by atoms with van der Waals surface area (Å²) in [7, 11) is 2.84. The van der Waals surface area contributed by atoms with Crippen molar-refractivity contribution in [1.29, 1.82) is 0 Å². The average Bonchev–Trinajstić information content (AvgIpc) is 3.16. The molecule has 0 saturated carbocycles. The number of ether oxygens (including phenoxy) is 2. The van der Waals surface area contributed by atoms with Gasteiger partial charge in [0.25, 0.3) is 0 Å². The Bertz CT molecular complexity index is 970. The molecular formula is C19H17N3O4S. The molecule has 7 nitrogen and oxygen atoms in total. The number of carbonyl (C=O) groups is 1. The lowest BCUT2D eigenvalue weighted by Crippen LogP contribution is -2.07. The van der Waals surface area contributed by atoms with Crippen LogP contribution >= 0.6 is 11.3 Å². The molecule has 3 rings (SSSR count). The third-order valence-electron chi connectivity index (χ3n) is 3.73. The Kier molecular flexibility index (Phi) is 5.68. The van der Waals surface area contributed by atoms with Gasteiger partial charge in [0, 0.05) is 16.5 Å². The zero-order valence-corrected chi connectivity index (χ0v) is 15.5. The number of nitrogens with zero attached hydrogens (tertiary/aromatic N) is 2. The normalized spacial score (nSPS) is 10.7. The highest BCUT2D eigenvalue weighted by Gasteiger charge is 2.20. The molecule has 27 heavy (non-hydrogen) atoms. The fourth-order valence-electron chi connectivity index (χ4n) is 2.49. The number of aromatic carboxylic acids is 1. The van der Waals surface area contributed by atoms with Crippen molar-refractivity contribution in [3.05, 3.63) is 59.0 Å². The average molecular weight is 383 g/mol. The molecule has 0 fully saturated rings. The second kappa shape index (κ2) is 8.33. The third kappa shape index (κ3) is 4.06. The van der Waals surface area contributed by atoms with E-state index in [0.29, 0.717) is 16.4 Å². The van der Waals surface area contributed by atoms with Crippen LogP contribution in [0.15, 0.2) is 52.9 Å². The van der Waals surface area contributed by atoms with Crippen molar-refractivity contribution >= 4 is 28.7 Å². The predicted molar refractivity (Wildman–Crippen MR) is 105 cm³/mol. The van der Waals surface area contributed by atoms with Gasteiger partial charge in [-0.15, -0.1) is 11.3 Å². The van der Waals surface area contributed by atoms with Crippen molar-refractivity contribution in [3.8, 4) is 22.8 Å². The molecule has 0 saturated heterocycles. The summed E-state index contributed by atoms with van der Waals surface area (Å²) in [5, 5.41) is 16.1. The number of thiazole rings is 1. The lowest BCUT2D eigenvalue weighted by molar-refractivity contribution is 0.0692. The van der Waals surface area contributed by atoms with Crippen LogP contribution in [0.5, 0.6) is 11.5 Å². The van der Waals surface area contributed by atoms with Gasteiger partial charge in [-0.05, 0) is 12.1 Å². The zero-order chi connectivity index (χ0) is 19.2. The number of anilines is 1. The summed E-state index contributed by atoms with van der Waals surface area (Å²) in [4.78, 5) is 16.1. The van der Waals surface area contributed by atoms with E-state index in [2.05, 4.69) is 15.5 Å². The van der Waals surface area contributed by atoms with Gasteiger partial charge in [0.05, 0.1) is 26.1 Å². The minimum Gasteiger partial charge on any atom is -0.493 e. The Morgan fingerprint density at radius 2 is 1.96 bits per heavy atom. The Hall–Kier alpha value is -3.39. The first-order valence-corrected chi connectivity index (χ1v) is 8.80. The second-order valence-corrected chi connectivity index (χ2v) is 6.20. The maximum Gasteiger partial charge on any atom is 0.340 e. The minimum absolute atomic E-state index is 0.0217. The Balaban J connectivity index is 1.81. The number of benzene rings is 2. The number of rotatable bonds is 7. The van der Waals surface area contributed by atoms with Gasteiger partial charge in [-0.25, -0.2) is 9.78 Å².